The van der Waals surface area contributed by atoms with Gasteiger partial charge in [-0.05, 0) is 30.5 Å². The fourth-order valence-corrected chi connectivity index (χ4v) is 3.97. The van der Waals surface area contributed by atoms with Gasteiger partial charge in [-0.3, -0.25) is 4.99 Å². The van der Waals surface area contributed by atoms with Gasteiger partial charge in [0.25, 0.3) is 0 Å². The average molecular weight is 433 g/mol. The highest BCUT2D eigenvalue weighted by atomic mass is 32.2. The van der Waals surface area contributed by atoms with Crippen LogP contribution in [0.2, 0.25) is 0 Å². The first-order valence-corrected chi connectivity index (χ1v) is 11.4. The first kappa shape index (κ1) is 23.9. The minimum absolute atomic E-state index is 0.0544. The first-order valence-electron chi connectivity index (χ1n) is 9.97. The lowest BCUT2D eigenvalue weighted by Crippen LogP contribution is -2.38. The van der Waals surface area contributed by atoms with Crippen LogP contribution in [0.4, 0.5) is 0 Å². The number of nitrogens with zero attached hydrogens (tertiary/aromatic N) is 2. The van der Waals surface area contributed by atoms with Gasteiger partial charge in [-0.15, -0.1) is 0 Å². The molecule has 8 heteroatoms. The third-order valence-corrected chi connectivity index (χ3v) is 6.57. The molecule has 2 N–H and O–H groups in total. The monoisotopic (exact) mass is 432 g/mol. The van der Waals surface area contributed by atoms with Crippen LogP contribution in [0.3, 0.4) is 0 Å². The van der Waals surface area contributed by atoms with Crippen molar-refractivity contribution in [3.63, 3.8) is 0 Å². The molecule has 2 aromatic carbocycles. The standard InChI is InChI=1S/C22H32N4O3S/c1-18(19-11-6-5-7-12-19)29-16-10-15-24-22(23-2)25-17-20-13-8-9-14-21(20)30(27,28)26(3)4/h5-9,11-14,18H,10,15-17H2,1-4H3,(H2,23,24,25). The maximum absolute atomic E-state index is 12.5. The Bertz CT molecular complexity index is 915. The third-order valence-electron chi connectivity index (χ3n) is 4.65. The molecule has 0 heterocycles. The van der Waals surface area contributed by atoms with Crippen LogP contribution in [0.5, 0.6) is 0 Å². The second kappa shape index (κ2) is 11.7. The van der Waals surface area contributed by atoms with E-state index in [0.29, 0.717) is 36.1 Å². The van der Waals surface area contributed by atoms with Gasteiger partial charge in [-0.2, -0.15) is 0 Å². The Morgan fingerprint density at radius 2 is 1.73 bits per heavy atom. The van der Waals surface area contributed by atoms with Crippen LogP contribution in [0.15, 0.2) is 64.5 Å². The Morgan fingerprint density at radius 3 is 2.40 bits per heavy atom. The third kappa shape index (κ3) is 6.83. The van der Waals surface area contributed by atoms with Gasteiger partial charge in [0.15, 0.2) is 5.96 Å². The number of ether oxygens (including phenoxy) is 1. The van der Waals surface area contributed by atoms with Crippen LogP contribution in [0.1, 0.15) is 30.6 Å². The van der Waals surface area contributed by atoms with E-state index in [2.05, 4.69) is 27.8 Å². The summed E-state index contributed by atoms with van der Waals surface area (Å²) in [5.74, 6) is 0.614. The molecule has 1 unspecified atom stereocenters. The van der Waals surface area contributed by atoms with Gasteiger partial charge in [0.05, 0.1) is 11.0 Å². The molecule has 0 amide bonds. The highest BCUT2D eigenvalue weighted by Crippen LogP contribution is 2.18. The molecule has 0 aliphatic carbocycles. The molecule has 0 saturated heterocycles. The summed E-state index contributed by atoms with van der Waals surface area (Å²) in [4.78, 5) is 4.50. The first-order chi connectivity index (χ1) is 14.4. The summed E-state index contributed by atoms with van der Waals surface area (Å²) in [7, 11) is 1.24. The van der Waals surface area contributed by atoms with Crippen molar-refractivity contribution in [3.8, 4) is 0 Å². The molecule has 0 aliphatic rings. The van der Waals surface area contributed by atoms with Crippen LogP contribution < -0.4 is 10.6 Å². The number of hydrogen-bond donors (Lipinski definition) is 2. The average Bonchev–Trinajstić information content (AvgIpc) is 2.76. The van der Waals surface area contributed by atoms with Gasteiger partial charge >= 0.3 is 0 Å². The van der Waals surface area contributed by atoms with E-state index in [-0.39, 0.29) is 6.10 Å². The van der Waals surface area contributed by atoms with Crippen molar-refractivity contribution in [2.24, 2.45) is 4.99 Å². The molecule has 164 valence electrons. The molecule has 2 rings (SSSR count). The summed E-state index contributed by atoms with van der Waals surface area (Å²) in [6, 6.07) is 17.1. The molecule has 0 fully saturated rings. The molecule has 0 saturated carbocycles. The lowest BCUT2D eigenvalue weighted by Gasteiger charge is -2.17. The predicted molar refractivity (Wildman–Crippen MR) is 121 cm³/mol. The van der Waals surface area contributed by atoms with Crippen molar-refractivity contribution >= 4 is 16.0 Å². The van der Waals surface area contributed by atoms with E-state index in [9.17, 15) is 8.42 Å². The van der Waals surface area contributed by atoms with Gasteiger partial charge in [0.2, 0.25) is 10.0 Å². The van der Waals surface area contributed by atoms with Crippen LogP contribution in [-0.2, 0) is 21.3 Å². The molecule has 2 aromatic rings. The zero-order valence-electron chi connectivity index (χ0n) is 18.1. The number of aliphatic imine (C=N–C) groups is 1. The van der Waals surface area contributed by atoms with Crippen molar-refractivity contribution < 1.29 is 13.2 Å². The van der Waals surface area contributed by atoms with E-state index in [1.54, 1.807) is 25.2 Å². The van der Waals surface area contributed by atoms with Crippen LogP contribution >= 0.6 is 0 Å². The Labute approximate surface area is 180 Å². The van der Waals surface area contributed by atoms with Crippen LogP contribution in [0.25, 0.3) is 0 Å². The normalized spacial score (nSPS) is 13.3. The van der Waals surface area contributed by atoms with Crippen molar-refractivity contribution in [1.29, 1.82) is 0 Å². The largest absolute Gasteiger partial charge is 0.374 e. The smallest absolute Gasteiger partial charge is 0.242 e. The molecule has 7 nitrogen and oxygen atoms in total. The van der Waals surface area contributed by atoms with Crippen molar-refractivity contribution in [1.82, 2.24) is 14.9 Å². The second-order valence-corrected chi connectivity index (χ2v) is 9.15. The number of rotatable bonds is 10. The second-order valence-electron chi connectivity index (χ2n) is 7.02. The summed E-state index contributed by atoms with van der Waals surface area (Å²) >= 11 is 0. The van der Waals surface area contributed by atoms with Gasteiger partial charge < -0.3 is 15.4 Å². The van der Waals surface area contributed by atoms with Crippen molar-refractivity contribution in [2.45, 2.75) is 30.9 Å². The summed E-state index contributed by atoms with van der Waals surface area (Å²) in [5.41, 5.74) is 1.85. The summed E-state index contributed by atoms with van der Waals surface area (Å²) < 4.78 is 32.1. The molecule has 0 aliphatic heterocycles. The van der Waals surface area contributed by atoms with E-state index < -0.39 is 10.0 Å². The minimum atomic E-state index is -3.50. The number of nitrogens with one attached hydrogen (secondary N) is 2. The molecule has 0 aromatic heterocycles. The summed E-state index contributed by atoms with van der Waals surface area (Å²) in [5, 5.41) is 6.41. The molecule has 0 radical (unpaired) electrons. The molecule has 1 atom stereocenters. The van der Waals surface area contributed by atoms with Crippen LogP contribution in [0, 0.1) is 0 Å². The molecule has 0 spiro atoms. The van der Waals surface area contributed by atoms with Crippen molar-refractivity contribution in [3.05, 3.63) is 65.7 Å². The van der Waals surface area contributed by atoms with Gasteiger partial charge in [0.1, 0.15) is 0 Å². The fraction of sp³-hybridized carbons (Fsp3) is 0.409. The van der Waals surface area contributed by atoms with Gasteiger partial charge in [-0.25, -0.2) is 12.7 Å². The van der Waals surface area contributed by atoms with Gasteiger partial charge in [0, 0.05) is 40.8 Å². The zero-order valence-corrected chi connectivity index (χ0v) is 18.9. The topological polar surface area (TPSA) is 83.0 Å². The van der Waals surface area contributed by atoms with E-state index in [0.717, 1.165) is 12.0 Å². The number of hydrogen-bond acceptors (Lipinski definition) is 4. The van der Waals surface area contributed by atoms with Crippen molar-refractivity contribution in [2.75, 3.05) is 34.3 Å². The number of sulfonamides is 1. The minimum Gasteiger partial charge on any atom is -0.374 e. The Balaban J connectivity index is 1.80. The van der Waals surface area contributed by atoms with E-state index >= 15 is 0 Å². The lowest BCUT2D eigenvalue weighted by atomic mass is 10.1. The highest BCUT2D eigenvalue weighted by Gasteiger charge is 2.20. The predicted octanol–water partition coefficient (Wildman–Crippen LogP) is 2.77. The van der Waals surface area contributed by atoms with Gasteiger partial charge in [-0.1, -0.05) is 48.5 Å². The van der Waals surface area contributed by atoms with E-state index in [1.165, 1.54) is 18.4 Å². The Hall–Kier alpha value is -2.42. The Morgan fingerprint density at radius 1 is 1.07 bits per heavy atom. The molecule has 30 heavy (non-hydrogen) atoms. The lowest BCUT2D eigenvalue weighted by molar-refractivity contribution is 0.0646. The maximum Gasteiger partial charge on any atom is 0.242 e. The summed E-state index contributed by atoms with van der Waals surface area (Å²) in [6.07, 6.45) is 0.877. The molecular weight excluding hydrogens is 400 g/mol. The van der Waals surface area contributed by atoms with E-state index in [1.807, 2.05) is 31.2 Å². The quantitative estimate of drug-likeness (QED) is 0.343. The van der Waals surface area contributed by atoms with E-state index in [4.69, 9.17) is 4.74 Å². The molecular formula is C22H32N4O3S. The molecule has 0 bridgehead atoms. The highest BCUT2D eigenvalue weighted by molar-refractivity contribution is 7.89. The Kier molecular flexibility index (Phi) is 9.29. The number of guanidine groups is 1. The van der Waals surface area contributed by atoms with Crippen LogP contribution in [-0.4, -0.2) is 53.0 Å². The summed E-state index contributed by atoms with van der Waals surface area (Å²) in [6.45, 7) is 3.72. The fourth-order valence-electron chi connectivity index (χ4n) is 2.86. The SMILES string of the molecule is CN=C(NCCCOC(C)c1ccccc1)NCc1ccccc1S(=O)(=O)N(C)C. The zero-order chi connectivity index (χ0) is 22.0. The number of benzene rings is 2. The maximum atomic E-state index is 12.5.